The lowest BCUT2D eigenvalue weighted by Crippen LogP contribution is -2.53. The molecule has 1 aromatic heterocycles. The van der Waals surface area contributed by atoms with Gasteiger partial charge >= 0.3 is 6.09 Å². The Morgan fingerprint density at radius 2 is 2.07 bits per heavy atom. The summed E-state index contributed by atoms with van der Waals surface area (Å²) in [6.07, 6.45) is 1.68. The van der Waals surface area contributed by atoms with Crippen LogP contribution in [-0.2, 0) is 11.3 Å². The molecule has 3 saturated heterocycles. The molecule has 2 aromatic rings. The summed E-state index contributed by atoms with van der Waals surface area (Å²) in [5.41, 5.74) is 0.515. The zero-order chi connectivity index (χ0) is 18.1. The van der Waals surface area contributed by atoms with Crippen LogP contribution in [0, 0.1) is 11.7 Å². The molecule has 3 aliphatic rings. The molecule has 2 bridgehead atoms. The van der Waals surface area contributed by atoms with E-state index >= 15 is 0 Å². The van der Waals surface area contributed by atoms with Gasteiger partial charge in [-0.3, -0.25) is 9.80 Å². The molecule has 4 heterocycles. The van der Waals surface area contributed by atoms with Crippen LogP contribution >= 0.6 is 39.7 Å². The summed E-state index contributed by atoms with van der Waals surface area (Å²) in [7, 11) is 0. The molecule has 0 unspecified atom stereocenters. The molecule has 1 amide bonds. The average molecular weight is 476 g/mol. The lowest BCUT2D eigenvalue weighted by Gasteiger charge is -2.44. The maximum atomic E-state index is 13.7. The first-order valence-corrected chi connectivity index (χ1v) is 10.4. The summed E-state index contributed by atoms with van der Waals surface area (Å²) >= 11 is 5.00. The number of fused-ring (bicyclic) bond motifs is 3. The summed E-state index contributed by atoms with van der Waals surface area (Å²) in [5, 5.41) is 0. The Morgan fingerprint density at radius 3 is 2.67 bits per heavy atom. The first kappa shape index (κ1) is 20.6. The van der Waals surface area contributed by atoms with E-state index in [-0.39, 0.29) is 24.3 Å². The summed E-state index contributed by atoms with van der Waals surface area (Å²) in [6, 6.07) is 10.0. The number of piperidine rings is 3. The second-order valence-electron chi connectivity index (χ2n) is 6.83. The van der Waals surface area contributed by atoms with Gasteiger partial charge < -0.3 is 4.74 Å². The minimum absolute atomic E-state index is 0. The fraction of sp³-hybridized carbons (Fsp3) is 0.421. The molecular formula is C19H21BrClFN2O2S. The van der Waals surface area contributed by atoms with Crippen molar-refractivity contribution >= 4 is 51.5 Å². The first-order valence-electron chi connectivity index (χ1n) is 8.79. The summed E-state index contributed by atoms with van der Waals surface area (Å²) in [4.78, 5) is 17.8. The van der Waals surface area contributed by atoms with E-state index in [9.17, 15) is 9.18 Å². The van der Waals surface area contributed by atoms with Crippen LogP contribution in [0.4, 0.5) is 14.9 Å². The number of nitrogens with zero attached hydrogens (tertiary/aromatic N) is 2. The van der Waals surface area contributed by atoms with Gasteiger partial charge in [0.05, 0.1) is 16.0 Å². The van der Waals surface area contributed by atoms with Gasteiger partial charge in [-0.2, -0.15) is 0 Å². The maximum Gasteiger partial charge on any atom is 0.414 e. The molecule has 0 radical (unpaired) electrons. The van der Waals surface area contributed by atoms with Crippen molar-refractivity contribution in [2.24, 2.45) is 5.92 Å². The number of rotatable bonds is 4. The van der Waals surface area contributed by atoms with Crippen LogP contribution in [0.1, 0.15) is 17.7 Å². The van der Waals surface area contributed by atoms with Crippen LogP contribution in [0.5, 0.6) is 0 Å². The molecule has 0 saturated carbocycles. The molecule has 0 N–H and O–H groups in total. The third-order valence-corrected chi connectivity index (χ3v) is 6.74. The molecule has 27 heavy (non-hydrogen) atoms. The van der Waals surface area contributed by atoms with Gasteiger partial charge in [0, 0.05) is 11.4 Å². The summed E-state index contributed by atoms with van der Waals surface area (Å²) in [5.74, 6) is 0.0738. The summed E-state index contributed by atoms with van der Waals surface area (Å²) < 4.78 is 20.6. The Labute approximate surface area is 176 Å². The fourth-order valence-corrected chi connectivity index (χ4v) is 5.21. The zero-order valence-corrected chi connectivity index (χ0v) is 17.9. The van der Waals surface area contributed by atoms with E-state index in [2.05, 4.69) is 20.8 Å². The van der Waals surface area contributed by atoms with Crippen molar-refractivity contribution in [3.05, 3.63) is 50.9 Å². The van der Waals surface area contributed by atoms with Crippen molar-refractivity contribution in [2.45, 2.75) is 25.5 Å². The number of ether oxygens (including phenoxy) is 1. The molecular weight excluding hydrogens is 455 g/mol. The van der Waals surface area contributed by atoms with E-state index in [0.29, 0.717) is 18.2 Å². The molecule has 4 nitrogen and oxygen atoms in total. The smallest absolute Gasteiger partial charge is 0.414 e. The largest absolute Gasteiger partial charge is 0.444 e. The maximum absolute atomic E-state index is 13.7. The van der Waals surface area contributed by atoms with E-state index in [1.54, 1.807) is 23.5 Å². The van der Waals surface area contributed by atoms with Crippen LogP contribution in [-0.4, -0.2) is 36.7 Å². The highest BCUT2D eigenvalue weighted by Crippen LogP contribution is 2.31. The fourth-order valence-electron chi connectivity index (χ4n) is 3.74. The Morgan fingerprint density at radius 1 is 1.30 bits per heavy atom. The van der Waals surface area contributed by atoms with Crippen LogP contribution in [0.3, 0.4) is 0 Å². The second kappa shape index (κ2) is 8.90. The van der Waals surface area contributed by atoms with Crippen molar-refractivity contribution in [2.75, 3.05) is 24.5 Å². The first-order chi connectivity index (χ1) is 12.6. The van der Waals surface area contributed by atoms with Crippen molar-refractivity contribution in [3.63, 3.8) is 0 Å². The number of halogens is 3. The van der Waals surface area contributed by atoms with Crippen LogP contribution in [0.25, 0.3) is 0 Å². The number of carbonyl (C=O) groups excluding carboxylic acids is 1. The van der Waals surface area contributed by atoms with Gasteiger partial charge in [0.2, 0.25) is 0 Å². The number of carbonyl (C=O) groups is 1. The molecule has 5 rings (SSSR count). The van der Waals surface area contributed by atoms with Crippen LogP contribution < -0.4 is 4.90 Å². The highest BCUT2D eigenvalue weighted by Gasteiger charge is 2.37. The molecule has 3 aliphatic heterocycles. The van der Waals surface area contributed by atoms with E-state index < -0.39 is 6.09 Å². The minimum atomic E-state index is -0.404. The molecule has 3 fully saturated rings. The van der Waals surface area contributed by atoms with Gasteiger partial charge in [-0.25, -0.2) is 9.18 Å². The van der Waals surface area contributed by atoms with Gasteiger partial charge in [0.25, 0.3) is 0 Å². The van der Waals surface area contributed by atoms with Gasteiger partial charge in [0.1, 0.15) is 11.9 Å². The van der Waals surface area contributed by atoms with E-state index in [0.717, 1.165) is 41.1 Å². The third kappa shape index (κ3) is 4.83. The Balaban J connectivity index is 0.00000210. The van der Waals surface area contributed by atoms with Crippen molar-refractivity contribution in [3.8, 4) is 0 Å². The lowest BCUT2D eigenvalue weighted by atomic mass is 9.86. The minimum Gasteiger partial charge on any atom is -0.444 e. The lowest BCUT2D eigenvalue weighted by molar-refractivity contribution is -0.0311. The molecule has 146 valence electrons. The second-order valence-corrected chi connectivity index (χ2v) is 9.38. The van der Waals surface area contributed by atoms with E-state index in [1.165, 1.54) is 17.0 Å². The number of hydrogen-bond donors (Lipinski definition) is 0. The van der Waals surface area contributed by atoms with Crippen LogP contribution in [0.2, 0.25) is 0 Å². The van der Waals surface area contributed by atoms with Gasteiger partial charge in [-0.05, 0) is 78.1 Å². The van der Waals surface area contributed by atoms with Crippen molar-refractivity contribution in [1.82, 2.24) is 4.90 Å². The standard InChI is InChI=1S/C19H20BrFN2O2S.ClH/c20-18-5-4-16(26-18)11-23(15-3-1-2-14(21)10-15)19(24)25-17-12-22-8-6-13(17)7-9-22;/h1-5,10,13,17H,6-9,11-12H2;1H/t17-;/m0./s1. The molecule has 1 atom stereocenters. The van der Waals surface area contributed by atoms with Crippen molar-refractivity contribution in [1.29, 1.82) is 0 Å². The number of hydrogen-bond acceptors (Lipinski definition) is 4. The SMILES string of the molecule is Cl.O=C(O[C@H]1CN2CCC1CC2)N(Cc1ccc(Br)s1)c1cccc(F)c1. The Bertz CT molecular complexity index is 798. The number of benzene rings is 1. The predicted molar refractivity (Wildman–Crippen MR) is 111 cm³/mol. The highest BCUT2D eigenvalue weighted by molar-refractivity contribution is 9.11. The molecule has 8 heteroatoms. The average Bonchev–Trinajstić information content (AvgIpc) is 3.05. The zero-order valence-electron chi connectivity index (χ0n) is 14.6. The Kier molecular flexibility index (Phi) is 6.78. The van der Waals surface area contributed by atoms with E-state index in [4.69, 9.17) is 4.74 Å². The number of anilines is 1. The van der Waals surface area contributed by atoms with Crippen LogP contribution in [0.15, 0.2) is 40.2 Å². The van der Waals surface area contributed by atoms with Gasteiger partial charge in [0.15, 0.2) is 0 Å². The third-order valence-electron chi connectivity index (χ3n) is 5.13. The predicted octanol–water partition coefficient (Wildman–Crippen LogP) is 5.31. The number of thiophene rings is 1. The van der Waals surface area contributed by atoms with Gasteiger partial charge in [-0.15, -0.1) is 23.7 Å². The number of amides is 1. The normalized spacial score (nSPS) is 23.6. The van der Waals surface area contributed by atoms with Gasteiger partial charge in [-0.1, -0.05) is 6.07 Å². The summed E-state index contributed by atoms with van der Waals surface area (Å²) in [6.45, 7) is 3.35. The topological polar surface area (TPSA) is 32.8 Å². The quantitative estimate of drug-likeness (QED) is 0.601. The Hall–Kier alpha value is -1.15. The molecule has 0 spiro atoms. The van der Waals surface area contributed by atoms with Crippen molar-refractivity contribution < 1.29 is 13.9 Å². The highest BCUT2D eigenvalue weighted by atomic mass is 79.9. The molecule has 1 aromatic carbocycles. The monoisotopic (exact) mass is 474 g/mol. The molecule has 0 aliphatic carbocycles. The van der Waals surface area contributed by atoms with E-state index in [1.807, 2.05) is 12.1 Å².